The average molecular weight is 870 g/mol. The maximum absolute atomic E-state index is 6.86. The van der Waals surface area contributed by atoms with Crippen LogP contribution in [0.25, 0.3) is 77.2 Å². The van der Waals surface area contributed by atoms with Gasteiger partial charge in [-0.2, -0.15) is 0 Å². The number of furan rings is 1. The highest BCUT2D eigenvalue weighted by atomic mass is 28.3. The molecule has 1 aromatic heterocycles. The number of fused-ring (bicyclic) bond motifs is 9. The van der Waals surface area contributed by atoms with Gasteiger partial charge in [0.1, 0.15) is 11.2 Å². The molecule has 0 N–H and O–H groups in total. The van der Waals surface area contributed by atoms with Crippen LogP contribution in [0.5, 0.6) is 0 Å². The van der Waals surface area contributed by atoms with Gasteiger partial charge >= 0.3 is 0 Å². The van der Waals surface area contributed by atoms with Crippen molar-refractivity contribution in [3.05, 3.63) is 261 Å². The van der Waals surface area contributed by atoms with E-state index in [-0.39, 0.29) is 0 Å². The predicted molar refractivity (Wildman–Crippen MR) is 285 cm³/mol. The Bertz CT molecular complexity index is 3630. The third-order valence-corrected chi connectivity index (χ3v) is 18.8. The van der Waals surface area contributed by atoms with Gasteiger partial charge in [0.05, 0.1) is 0 Å². The molecule has 11 aromatic carbocycles. The van der Waals surface area contributed by atoms with Crippen molar-refractivity contribution in [1.29, 1.82) is 0 Å². The van der Waals surface area contributed by atoms with Gasteiger partial charge in [0.2, 0.25) is 0 Å². The average Bonchev–Trinajstić information content (AvgIpc) is 3.95. The summed E-state index contributed by atoms with van der Waals surface area (Å²) in [7, 11) is -2.70. The highest BCUT2D eigenvalue weighted by molar-refractivity contribution is 7.22. The molecular weight excluding hydrogens is 827 g/mol. The van der Waals surface area contributed by atoms with E-state index in [1.807, 2.05) is 0 Å². The largest absolute Gasteiger partial charge is 0.456 e. The lowest BCUT2D eigenvalue weighted by Crippen LogP contribution is -2.72. The first kappa shape index (κ1) is 38.9. The van der Waals surface area contributed by atoms with Crippen molar-refractivity contribution in [3.8, 4) is 44.5 Å². The SMILES string of the molecule is c1ccc(-c2ccc(N(c3ccc(-c4ccccc4)cc3)c3ccc(-c4cccc5oc6ccc7ccc8c(c7c6c45)-c4ccccc4[Si]8(c4ccccc4)c4ccccc4)cc3)cc2)cc1. The molecule has 0 unspecified atom stereocenters. The fraction of sp³-hybridized carbons (Fsp3) is 0. The topological polar surface area (TPSA) is 16.4 Å². The fourth-order valence-corrected chi connectivity index (χ4v) is 16.2. The standard InChI is InChI=1S/C64H43NOSi/c1-5-16-44(17-6-1)46-28-36-50(37-29-46)65(51-38-30-47(31-39-51)45-18-7-2-8-19-45)52-40-32-48(33-41-52)55-25-15-26-57-62(55)64-58(66-57)42-34-49-35-43-60-63(61(49)64)56-24-13-14-27-59(56)67(60,53-20-9-3-10-21-53)54-22-11-4-12-23-54/h1-43H. The molecule has 3 heteroatoms. The van der Waals surface area contributed by atoms with Crippen LogP contribution >= 0.6 is 0 Å². The molecule has 0 amide bonds. The van der Waals surface area contributed by atoms with E-state index in [0.717, 1.165) is 44.7 Å². The first-order chi connectivity index (χ1) is 33.2. The monoisotopic (exact) mass is 869 g/mol. The summed E-state index contributed by atoms with van der Waals surface area (Å²) >= 11 is 0. The zero-order valence-corrected chi connectivity index (χ0v) is 37.7. The highest BCUT2D eigenvalue weighted by Crippen LogP contribution is 2.45. The van der Waals surface area contributed by atoms with Gasteiger partial charge in [-0.05, 0) is 119 Å². The summed E-state index contributed by atoms with van der Waals surface area (Å²) in [4.78, 5) is 2.35. The smallest absolute Gasteiger partial charge is 0.180 e. The van der Waals surface area contributed by atoms with Crippen molar-refractivity contribution in [1.82, 2.24) is 0 Å². The number of nitrogens with zero attached hydrogens (tertiary/aromatic N) is 1. The first-order valence-corrected chi connectivity index (χ1v) is 25.1. The van der Waals surface area contributed by atoms with E-state index in [1.165, 1.54) is 70.3 Å². The summed E-state index contributed by atoms with van der Waals surface area (Å²) in [5.41, 5.74) is 14.8. The molecular formula is C64H43NOSi. The van der Waals surface area contributed by atoms with E-state index < -0.39 is 8.07 Å². The lowest BCUT2D eigenvalue weighted by Gasteiger charge is -2.31. The zero-order valence-electron chi connectivity index (χ0n) is 36.7. The second-order valence-corrected chi connectivity index (χ2v) is 21.3. The maximum Gasteiger partial charge on any atom is 0.180 e. The van der Waals surface area contributed by atoms with E-state index in [4.69, 9.17) is 4.42 Å². The Kier molecular flexibility index (Phi) is 9.22. The fourth-order valence-electron chi connectivity index (χ4n) is 11.0. The van der Waals surface area contributed by atoms with Crippen LogP contribution in [0.2, 0.25) is 0 Å². The van der Waals surface area contributed by atoms with Gasteiger partial charge in [0, 0.05) is 33.2 Å². The van der Waals surface area contributed by atoms with Crippen LogP contribution in [0.1, 0.15) is 0 Å². The third kappa shape index (κ3) is 6.24. The summed E-state index contributed by atoms with van der Waals surface area (Å²) in [5, 5.41) is 10.4. The highest BCUT2D eigenvalue weighted by Gasteiger charge is 2.49. The molecule has 67 heavy (non-hydrogen) atoms. The number of rotatable bonds is 8. The molecule has 0 saturated heterocycles. The van der Waals surface area contributed by atoms with E-state index in [2.05, 4.69) is 266 Å². The first-order valence-electron chi connectivity index (χ1n) is 23.1. The molecule has 12 aromatic rings. The number of benzene rings is 11. The van der Waals surface area contributed by atoms with E-state index in [9.17, 15) is 0 Å². The Labute approximate surface area is 391 Å². The lowest BCUT2D eigenvalue weighted by molar-refractivity contribution is 0.669. The van der Waals surface area contributed by atoms with Gasteiger partial charge in [-0.3, -0.25) is 0 Å². The Hall–Kier alpha value is -8.50. The minimum atomic E-state index is -2.70. The molecule has 0 radical (unpaired) electrons. The minimum absolute atomic E-state index is 0.890. The minimum Gasteiger partial charge on any atom is -0.456 e. The normalized spacial score (nSPS) is 12.6. The summed E-state index contributed by atoms with van der Waals surface area (Å²) < 4.78 is 6.86. The van der Waals surface area contributed by atoms with Gasteiger partial charge in [0.25, 0.3) is 0 Å². The van der Waals surface area contributed by atoms with E-state index in [0.29, 0.717) is 0 Å². The van der Waals surface area contributed by atoms with Gasteiger partial charge in [-0.25, -0.2) is 0 Å². The molecule has 1 aliphatic rings. The Morgan fingerprint density at radius 3 is 1.30 bits per heavy atom. The molecule has 2 nitrogen and oxygen atoms in total. The van der Waals surface area contributed by atoms with Crippen LogP contribution in [0, 0.1) is 0 Å². The van der Waals surface area contributed by atoms with Crippen LogP contribution in [-0.2, 0) is 0 Å². The molecule has 0 bridgehead atoms. The van der Waals surface area contributed by atoms with Crippen molar-refractivity contribution in [3.63, 3.8) is 0 Å². The summed E-state index contributed by atoms with van der Waals surface area (Å²) in [6, 6.07) is 95.5. The Morgan fingerprint density at radius 1 is 0.284 bits per heavy atom. The van der Waals surface area contributed by atoms with Gasteiger partial charge in [-0.1, -0.05) is 212 Å². The number of hydrogen-bond acceptors (Lipinski definition) is 2. The van der Waals surface area contributed by atoms with Gasteiger partial charge in [-0.15, -0.1) is 0 Å². The molecule has 2 heterocycles. The Balaban J connectivity index is 0.983. The molecule has 314 valence electrons. The van der Waals surface area contributed by atoms with Gasteiger partial charge in [0.15, 0.2) is 8.07 Å². The van der Waals surface area contributed by atoms with E-state index >= 15 is 0 Å². The van der Waals surface area contributed by atoms with Crippen LogP contribution < -0.4 is 25.6 Å². The molecule has 0 saturated carbocycles. The second-order valence-electron chi connectivity index (χ2n) is 17.5. The van der Waals surface area contributed by atoms with Crippen molar-refractivity contribution in [2.75, 3.05) is 4.90 Å². The van der Waals surface area contributed by atoms with Crippen LogP contribution in [0.4, 0.5) is 17.1 Å². The summed E-state index contributed by atoms with van der Waals surface area (Å²) in [5.74, 6) is 0. The van der Waals surface area contributed by atoms with E-state index in [1.54, 1.807) is 0 Å². The molecule has 0 aliphatic carbocycles. The molecule has 0 fully saturated rings. The summed E-state index contributed by atoms with van der Waals surface area (Å²) in [6.45, 7) is 0. The van der Waals surface area contributed by atoms with Crippen LogP contribution in [0.15, 0.2) is 265 Å². The van der Waals surface area contributed by atoms with Crippen molar-refractivity contribution in [2.24, 2.45) is 0 Å². The molecule has 0 atom stereocenters. The van der Waals surface area contributed by atoms with Crippen LogP contribution in [-0.4, -0.2) is 8.07 Å². The van der Waals surface area contributed by atoms with Crippen molar-refractivity contribution in [2.45, 2.75) is 0 Å². The molecule has 1 aliphatic heterocycles. The maximum atomic E-state index is 6.86. The third-order valence-electron chi connectivity index (χ3n) is 14.0. The zero-order chi connectivity index (χ0) is 44.3. The Morgan fingerprint density at radius 2 is 0.731 bits per heavy atom. The number of anilines is 3. The quantitative estimate of drug-likeness (QED) is 0.141. The predicted octanol–water partition coefficient (Wildman–Crippen LogP) is 14.6. The van der Waals surface area contributed by atoms with Crippen molar-refractivity contribution >= 4 is 78.6 Å². The van der Waals surface area contributed by atoms with Crippen molar-refractivity contribution < 1.29 is 4.42 Å². The molecule has 0 spiro atoms. The van der Waals surface area contributed by atoms with Gasteiger partial charge < -0.3 is 9.32 Å². The second kappa shape index (κ2) is 15.9. The lowest BCUT2D eigenvalue weighted by atomic mass is 9.92. The number of hydrogen-bond donors (Lipinski definition) is 0. The summed E-state index contributed by atoms with van der Waals surface area (Å²) in [6.07, 6.45) is 0. The van der Waals surface area contributed by atoms with Crippen LogP contribution in [0.3, 0.4) is 0 Å². The molecule has 13 rings (SSSR count).